The largest absolute Gasteiger partial charge is 0.492 e. The second kappa shape index (κ2) is 5.80. The first-order valence-corrected chi connectivity index (χ1v) is 6.79. The van der Waals surface area contributed by atoms with Crippen LogP contribution in [-0.4, -0.2) is 37.6 Å². The summed E-state index contributed by atoms with van der Waals surface area (Å²) in [5.74, 6) is 0.889. The van der Waals surface area contributed by atoms with Gasteiger partial charge in [-0.05, 0) is 37.1 Å². The summed E-state index contributed by atoms with van der Waals surface area (Å²) >= 11 is 5.79. The van der Waals surface area contributed by atoms with E-state index in [0.29, 0.717) is 24.7 Å². The van der Waals surface area contributed by atoms with Crippen LogP contribution in [0.5, 0.6) is 5.75 Å². The molecular weight excluding hydrogens is 264 g/mol. The van der Waals surface area contributed by atoms with Gasteiger partial charge < -0.3 is 15.4 Å². The number of nitrogens with zero attached hydrogens (tertiary/aromatic N) is 1. The van der Waals surface area contributed by atoms with Crippen LogP contribution in [0.1, 0.15) is 12.8 Å². The number of carbonyl (C=O) groups is 1. The lowest BCUT2D eigenvalue weighted by atomic mass is 10.1. The molecule has 0 saturated heterocycles. The van der Waals surface area contributed by atoms with E-state index in [0.717, 1.165) is 18.6 Å². The molecule has 0 atom stereocenters. The normalized spacial score (nSPS) is 15.9. The molecule has 1 aliphatic rings. The zero-order valence-electron chi connectivity index (χ0n) is 11.1. The number of amides is 1. The van der Waals surface area contributed by atoms with Crippen LogP contribution in [0.25, 0.3) is 0 Å². The minimum Gasteiger partial charge on any atom is -0.492 e. The number of rotatable bonds is 6. The van der Waals surface area contributed by atoms with Crippen LogP contribution in [0, 0.1) is 5.41 Å². The second-order valence-corrected chi connectivity index (χ2v) is 5.45. The fourth-order valence-corrected chi connectivity index (χ4v) is 2.12. The van der Waals surface area contributed by atoms with Gasteiger partial charge in [0, 0.05) is 18.6 Å². The summed E-state index contributed by atoms with van der Waals surface area (Å²) < 4.78 is 5.56. The van der Waals surface area contributed by atoms with E-state index in [4.69, 9.17) is 22.1 Å². The van der Waals surface area contributed by atoms with Crippen molar-refractivity contribution in [2.45, 2.75) is 12.8 Å². The molecule has 2 rings (SSSR count). The predicted molar refractivity (Wildman–Crippen MR) is 75.3 cm³/mol. The maximum Gasteiger partial charge on any atom is 0.229 e. The molecular formula is C14H19ClN2O2. The van der Waals surface area contributed by atoms with Crippen molar-refractivity contribution in [3.63, 3.8) is 0 Å². The SMILES string of the molecule is CN(CCOc1ccc(Cl)cc1)C(=O)C1(CN)CC1. The van der Waals surface area contributed by atoms with E-state index >= 15 is 0 Å². The summed E-state index contributed by atoms with van der Waals surface area (Å²) in [6.45, 7) is 1.46. The van der Waals surface area contributed by atoms with Gasteiger partial charge in [-0.2, -0.15) is 0 Å². The lowest BCUT2D eigenvalue weighted by Gasteiger charge is -2.22. The van der Waals surface area contributed by atoms with Gasteiger partial charge in [0.1, 0.15) is 12.4 Å². The Morgan fingerprint density at radius 2 is 2.05 bits per heavy atom. The third kappa shape index (κ3) is 3.39. The average molecular weight is 283 g/mol. The summed E-state index contributed by atoms with van der Waals surface area (Å²) in [7, 11) is 1.79. The molecule has 0 aromatic heterocycles. The van der Waals surface area contributed by atoms with E-state index in [9.17, 15) is 4.79 Å². The number of carbonyl (C=O) groups excluding carboxylic acids is 1. The molecule has 0 bridgehead atoms. The van der Waals surface area contributed by atoms with E-state index in [2.05, 4.69) is 0 Å². The summed E-state index contributed by atoms with van der Waals surface area (Å²) in [4.78, 5) is 13.8. The third-order valence-corrected chi connectivity index (χ3v) is 3.81. The fraction of sp³-hybridized carbons (Fsp3) is 0.500. The molecule has 1 aromatic rings. The van der Waals surface area contributed by atoms with Gasteiger partial charge in [0.15, 0.2) is 0 Å². The molecule has 0 unspecified atom stereocenters. The monoisotopic (exact) mass is 282 g/mol. The highest BCUT2D eigenvalue weighted by Crippen LogP contribution is 2.45. The van der Waals surface area contributed by atoms with Crippen LogP contribution in [0.3, 0.4) is 0 Å². The quantitative estimate of drug-likeness (QED) is 0.867. The first kappa shape index (κ1) is 14.2. The molecule has 0 aliphatic heterocycles. The summed E-state index contributed by atoms with van der Waals surface area (Å²) in [6.07, 6.45) is 1.81. The van der Waals surface area contributed by atoms with Crippen molar-refractivity contribution >= 4 is 17.5 Å². The molecule has 104 valence electrons. The highest BCUT2D eigenvalue weighted by molar-refractivity contribution is 6.30. The Balaban J connectivity index is 1.76. The molecule has 2 N–H and O–H groups in total. The summed E-state index contributed by atoms with van der Waals surface area (Å²) in [5.41, 5.74) is 5.37. The lowest BCUT2D eigenvalue weighted by Crippen LogP contribution is -2.40. The standard InChI is InChI=1S/C14H19ClN2O2/c1-17(13(18)14(10-16)6-7-14)8-9-19-12-4-2-11(15)3-5-12/h2-5H,6-10,16H2,1H3. The average Bonchev–Trinajstić information content (AvgIpc) is 3.21. The Labute approximate surface area is 118 Å². The van der Waals surface area contributed by atoms with Gasteiger partial charge in [0.25, 0.3) is 0 Å². The topological polar surface area (TPSA) is 55.6 Å². The van der Waals surface area contributed by atoms with Crippen LogP contribution in [0.4, 0.5) is 0 Å². The van der Waals surface area contributed by atoms with Crippen LogP contribution in [-0.2, 0) is 4.79 Å². The Morgan fingerprint density at radius 3 is 2.58 bits per heavy atom. The van der Waals surface area contributed by atoms with E-state index in [-0.39, 0.29) is 11.3 Å². The van der Waals surface area contributed by atoms with Gasteiger partial charge in [0.05, 0.1) is 12.0 Å². The Bertz CT molecular complexity index is 443. The minimum atomic E-state index is -0.283. The van der Waals surface area contributed by atoms with Gasteiger partial charge in [-0.25, -0.2) is 0 Å². The molecule has 1 aromatic carbocycles. The first-order chi connectivity index (χ1) is 9.07. The van der Waals surface area contributed by atoms with Gasteiger partial charge in [0.2, 0.25) is 5.91 Å². The van der Waals surface area contributed by atoms with Crippen molar-refractivity contribution < 1.29 is 9.53 Å². The molecule has 0 radical (unpaired) electrons. The van der Waals surface area contributed by atoms with Crippen molar-refractivity contribution in [3.05, 3.63) is 29.3 Å². The van der Waals surface area contributed by atoms with Gasteiger partial charge in [-0.15, -0.1) is 0 Å². The molecule has 1 fully saturated rings. The number of likely N-dealkylation sites (N-methyl/N-ethyl adjacent to an activating group) is 1. The van der Waals surface area contributed by atoms with Crippen molar-refractivity contribution in [1.29, 1.82) is 0 Å². The number of hydrogen-bond donors (Lipinski definition) is 1. The Hall–Kier alpha value is -1.26. The van der Waals surface area contributed by atoms with Gasteiger partial charge in [-0.1, -0.05) is 11.6 Å². The number of ether oxygens (including phenoxy) is 1. The highest BCUT2D eigenvalue weighted by Gasteiger charge is 2.49. The Morgan fingerprint density at radius 1 is 1.42 bits per heavy atom. The summed E-state index contributed by atoms with van der Waals surface area (Å²) in [6, 6.07) is 7.18. The zero-order valence-corrected chi connectivity index (χ0v) is 11.8. The third-order valence-electron chi connectivity index (χ3n) is 3.55. The first-order valence-electron chi connectivity index (χ1n) is 6.41. The minimum absolute atomic E-state index is 0.134. The number of hydrogen-bond acceptors (Lipinski definition) is 3. The van der Waals surface area contributed by atoms with E-state index in [1.165, 1.54) is 0 Å². The van der Waals surface area contributed by atoms with Crippen LogP contribution >= 0.6 is 11.6 Å². The maximum atomic E-state index is 12.1. The number of benzene rings is 1. The molecule has 5 heteroatoms. The molecule has 1 aliphatic carbocycles. The van der Waals surface area contributed by atoms with E-state index in [1.54, 1.807) is 24.1 Å². The highest BCUT2D eigenvalue weighted by atomic mass is 35.5. The van der Waals surface area contributed by atoms with Crippen LogP contribution in [0.2, 0.25) is 5.02 Å². The molecule has 1 amide bonds. The number of halogens is 1. The molecule has 19 heavy (non-hydrogen) atoms. The van der Waals surface area contributed by atoms with Gasteiger partial charge >= 0.3 is 0 Å². The maximum absolute atomic E-state index is 12.1. The summed E-state index contributed by atoms with van der Waals surface area (Å²) in [5, 5.41) is 0.679. The van der Waals surface area contributed by atoms with E-state index < -0.39 is 0 Å². The predicted octanol–water partition coefficient (Wildman–Crippen LogP) is 1.92. The second-order valence-electron chi connectivity index (χ2n) is 5.01. The lowest BCUT2D eigenvalue weighted by molar-refractivity contribution is -0.135. The van der Waals surface area contributed by atoms with Crippen molar-refractivity contribution in [1.82, 2.24) is 4.90 Å². The van der Waals surface area contributed by atoms with Crippen molar-refractivity contribution in [2.24, 2.45) is 11.1 Å². The zero-order chi connectivity index (χ0) is 13.9. The fourth-order valence-electron chi connectivity index (χ4n) is 1.99. The molecule has 4 nitrogen and oxygen atoms in total. The van der Waals surface area contributed by atoms with Crippen molar-refractivity contribution in [2.75, 3.05) is 26.7 Å². The molecule has 0 spiro atoms. The van der Waals surface area contributed by atoms with Crippen molar-refractivity contribution in [3.8, 4) is 5.75 Å². The molecule has 1 saturated carbocycles. The van der Waals surface area contributed by atoms with Crippen LogP contribution < -0.4 is 10.5 Å². The number of nitrogens with two attached hydrogens (primary N) is 1. The smallest absolute Gasteiger partial charge is 0.229 e. The Kier molecular flexibility index (Phi) is 4.32. The van der Waals surface area contributed by atoms with Gasteiger partial charge in [-0.3, -0.25) is 4.79 Å². The molecule has 0 heterocycles. The van der Waals surface area contributed by atoms with Crippen LogP contribution in [0.15, 0.2) is 24.3 Å². The van der Waals surface area contributed by atoms with E-state index in [1.807, 2.05) is 12.1 Å².